The van der Waals surface area contributed by atoms with Crippen molar-refractivity contribution in [2.24, 2.45) is 7.05 Å². The van der Waals surface area contributed by atoms with E-state index in [1.807, 2.05) is 24.3 Å². The molecule has 8 heteroatoms. The number of aryl methyl sites for hydroxylation is 1. The summed E-state index contributed by atoms with van der Waals surface area (Å²) >= 11 is 0. The Morgan fingerprint density at radius 1 is 1.28 bits per heavy atom. The Labute approximate surface area is 143 Å². The van der Waals surface area contributed by atoms with Crippen LogP contribution in [0.2, 0.25) is 0 Å². The second-order valence-corrected chi connectivity index (χ2v) is 5.40. The number of carbonyl (C=O) groups excluding carboxylic acids is 1. The van der Waals surface area contributed by atoms with Gasteiger partial charge in [-0.05, 0) is 18.2 Å². The molecule has 3 rings (SSSR count). The molecule has 0 saturated heterocycles. The van der Waals surface area contributed by atoms with Crippen LogP contribution in [0.25, 0.3) is 11.3 Å². The molecule has 1 amide bonds. The van der Waals surface area contributed by atoms with Crippen LogP contribution in [0.3, 0.4) is 0 Å². The minimum absolute atomic E-state index is 0.189. The van der Waals surface area contributed by atoms with Gasteiger partial charge in [-0.25, -0.2) is 4.68 Å². The Bertz CT molecular complexity index is 961. The minimum atomic E-state index is -0.356. The van der Waals surface area contributed by atoms with Gasteiger partial charge < -0.3 is 10.1 Å². The third-order valence-corrected chi connectivity index (χ3v) is 3.51. The largest absolute Gasteiger partial charge is 0.497 e. The highest BCUT2D eigenvalue weighted by molar-refractivity contribution is 5.90. The molecule has 0 aliphatic rings. The summed E-state index contributed by atoms with van der Waals surface area (Å²) in [5, 5.41) is 10.9. The Balaban J connectivity index is 1.81. The van der Waals surface area contributed by atoms with E-state index >= 15 is 0 Å². The van der Waals surface area contributed by atoms with E-state index < -0.39 is 0 Å². The molecule has 0 atom stereocenters. The third-order valence-electron chi connectivity index (χ3n) is 3.51. The number of amides is 1. The molecule has 1 aromatic carbocycles. The van der Waals surface area contributed by atoms with E-state index in [-0.39, 0.29) is 18.0 Å². The molecular formula is C17H17N5O3. The van der Waals surface area contributed by atoms with Crippen LogP contribution in [0.1, 0.15) is 0 Å². The lowest BCUT2D eigenvalue weighted by molar-refractivity contribution is -0.117. The normalized spacial score (nSPS) is 10.5. The molecular weight excluding hydrogens is 322 g/mol. The fourth-order valence-electron chi connectivity index (χ4n) is 2.32. The van der Waals surface area contributed by atoms with Gasteiger partial charge in [0.2, 0.25) is 5.91 Å². The first-order valence-corrected chi connectivity index (χ1v) is 7.56. The topological polar surface area (TPSA) is 91.0 Å². The molecule has 0 fully saturated rings. The molecule has 8 nitrogen and oxygen atoms in total. The third kappa shape index (κ3) is 3.92. The zero-order valence-electron chi connectivity index (χ0n) is 13.8. The molecule has 0 radical (unpaired) electrons. The van der Waals surface area contributed by atoms with Crippen LogP contribution in [0.15, 0.2) is 53.6 Å². The number of anilines is 1. The van der Waals surface area contributed by atoms with Crippen molar-refractivity contribution in [1.82, 2.24) is 19.6 Å². The quantitative estimate of drug-likeness (QED) is 0.756. The Kier molecular flexibility index (Phi) is 4.60. The van der Waals surface area contributed by atoms with Crippen molar-refractivity contribution >= 4 is 11.6 Å². The summed E-state index contributed by atoms with van der Waals surface area (Å²) in [5.74, 6) is 0.330. The summed E-state index contributed by atoms with van der Waals surface area (Å²) in [5.41, 5.74) is 1.57. The molecule has 128 valence electrons. The van der Waals surface area contributed by atoms with E-state index in [1.54, 1.807) is 31.1 Å². The van der Waals surface area contributed by atoms with Gasteiger partial charge in [0.15, 0.2) is 0 Å². The van der Waals surface area contributed by atoms with Crippen LogP contribution in [-0.4, -0.2) is 32.6 Å². The molecule has 1 N–H and O–H groups in total. The van der Waals surface area contributed by atoms with Crippen molar-refractivity contribution in [2.75, 3.05) is 12.4 Å². The average molecular weight is 339 g/mol. The van der Waals surface area contributed by atoms with Crippen LogP contribution < -0.4 is 15.6 Å². The summed E-state index contributed by atoms with van der Waals surface area (Å²) < 4.78 is 7.89. The number of nitrogens with one attached hydrogen (secondary N) is 1. The smallest absolute Gasteiger partial charge is 0.267 e. The Morgan fingerprint density at radius 2 is 2.12 bits per heavy atom. The Hall–Kier alpha value is -3.42. The maximum absolute atomic E-state index is 12.1. The first-order valence-electron chi connectivity index (χ1n) is 7.56. The predicted molar refractivity (Wildman–Crippen MR) is 92.3 cm³/mol. The molecule has 2 heterocycles. The zero-order chi connectivity index (χ0) is 17.8. The molecule has 0 unspecified atom stereocenters. The van der Waals surface area contributed by atoms with Gasteiger partial charge in [-0.15, -0.1) is 0 Å². The van der Waals surface area contributed by atoms with E-state index in [0.29, 0.717) is 17.1 Å². The number of aromatic nitrogens is 4. The fourth-order valence-corrected chi connectivity index (χ4v) is 2.32. The second kappa shape index (κ2) is 7.00. The number of methoxy groups -OCH3 is 1. The number of ether oxygens (including phenoxy) is 1. The van der Waals surface area contributed by atoms with Gasteiger partial charge in [0.05, 0.1) is 24.7 Å². The van der Waals surface area contributed by atoms with E-state index in [2.05, 4.69) is 15.5 Å². The summed E-state index contributed by atoms with van der Waals surface area (Å²) in [6.45, 7) is -0.189. The van der Waals surface area contributed by atoms with Crippen molar-refractivity contribution in [2.45, 2.75) is 6.54 Å². The average Bonchev–Trinajstić information content (AvgIpc) is 3.01. The molecule has 0 aliphatic carbocycles. The summed E-state index contributed by atoms with van der Waals surface area (Å²) in [6, 6.07) is 10.3. The number of nitrogens with zero attached hydrogens (tertiary/aromatic N) is 4. The first kappa shape index (κ1) is 16.4. The zero-order valence-corrected chi connectivity index (χ0v) is 13.8. The van der Waals surface area contributed by atoms with Gasteiger partial charge in [-0.1, -0.05) is 12.1 Å². The van der Waals surface area contributed by atoms with Gasteiger partial charge >= 0.3 is 0 Å². The summed E-state index contributed by atoms with van der Waals surface area (Å²) in [6.07, 6.45) is 3.20. The van der Waals surface area contributed by atoms with Crippen molar-refractivity contribution in [1.29, 1.82) is 0 Å². The van der Waals surface area contributed by atoms with Gasteiger partial charge in [-0.3, -0.25) is 14.3 Å². The van der Waals surface area contributed by atoms with Gasteiger partial charge in [0.1, 0.15) is 12.3 Å². The van der Waals surface area contributed by atoms with Crippen LogP contribution >= 0.6 is 0 Å². The lowest BCUT2D eigenvalue weighted by atomic mass is 10.1. The predicted octanol–water partition coefficient (Wildman–Crippen LogP) is 1.29. The molecule has 3 aromatic rings. The van der Waals surface area contributed by atoms with Gasteiger partial charge in [0, 0.05) is 24.9 Å². The monoisotopic (exact) mass is 339 g/mol. The number of hydrogen-bond acceptors (Lipinski definition) is 5. The first-order chi connectivity index (χ1) is 12.0. The number of carbonyl (C=O) groups is 1. The van der Waals surface area contributed by atoms with Crippen molar-refractivity contribution in [3.63, 3.8) is 0 Å². The molecule has 0 bridgehead atoms. The lowest BCUT2D eigenvalue weighted by Gasteiger charge is -2.08. The van der Waals surface area contributed by atoms with Crippen molar-refractivity contribution < 1.29 is 9.53 Å². The van der Waals surface area contributed by atoms with E-state index in [1.165, 1.54) is 12.3 Å². The van der Waals surface area contributed by atoms with Crippen LogP contribution in [0, 0.1) is 0 Å². The maximum atomic E-state index is 12.1. The standard InChI is InChI=1S/C17H17N5O3/c1-21-10-13(9-18-21)19-16(23)11-22-17(24)7-6-15(20-22)12-4-3-5-14(8-12)25-2/h3-10H,11H2,1-2H3,(H,19,23). The highest BCUT2D eigenvalue weighted by atomic mass is 16.5. The lowest BCUT2D eigenvalue weighted by Crippen LogP contribution is -2.29. The fraction of sp³-hybridized carbons (Fsp3) is 0.176. The van der Waals surface area contributed by atoms with E-state index in [9.17, 15) is 9.59 Å². The second-order valence-electron chi connectivity index (χ2n) is 5.40. The number of benzene rings is 1. The SMILES string of the molecule is COc1cccc(-c2ccc(=O)n(CC(=O)Nc3cnn(C)c3)n2)c1. The highest BCUT2D eigenvalue weighted by Crippen LogP contribution is 2.21. The van der Waals surface area contributed by atoms with E-state index in [0.717, 1.165) is 10.2 Å². The summed E-state index contributed by atoms with van der Waals surface area (Å²) in [7, 11) is 3.33. The highest BCUT2D eigenvalue weighted by Gasteiger charge is 2.09. The minimum Gasteiger partial charge on any atom is -0.497 e. The van der Waals surface area contributed by atoms with Crippen LogP contribution in [0.4, 0.5) is 5.69 Å². The van der Waals surface area contributed by atoms with Crippen LogP contribution in [-0.2, 0) is 18.4 Å². The molecule has 25 heavy (non-hydrogen) atoms. The molecule has 0 spiro atoms. The maximum Gasteiger partial charge on any atom is 0.267 e. The Morgan fingerprint density at radius 3 is 2.84 bits per heavy atom. The van der Waals surface area contributed by atoms with Crippen molar-refractivity contribution in [3.05, 3.63) is 59.1 Å². The van der Waals surface area contributed by atoms with Crippen molar-refractivity contribution in [3.8, 4) is 17.0 Å². The van der Waals surface area contributed by atoms with Crippen LogP contribution in [0.5, 0.6) is 5.75 Å². The molecule has 0 saturated carbocycles. The van der Waals surface area contributed by atoms with E-state index in [4.69, 9.17) is 4.74 Å². The number of hydrogen-bond donors (Lipinski definition) is 1. The van der Waals surface area contributed by atoms with Gasteiger partial charge in [0.25, 0.3) is 5.56 Å². The number of rotatable bonds is 5. The molecule has 0 aliphatic heterocycles. The summed E-state index contributed by atoms with van der Waals surface area (Å²) in [4.78, 5) is 24.1. The van der Waals surface area contributed by atoms with Gasteiger partial charge in [-0.2, -0.15) is 10.2 Å². The molecule has 2 aromatic heterocycles.